The van der Waals surface area contributed by atoms with Crippen LogP contribution >= 0.6 is 0 Å². The highest BCUT2D eigenvalue weighted by atomic mass is 19.1. The summed E-state index contributed by atoms with van der Waals surface area (Å²) < 4.78 is 14.3. The van der Waals surface area contributed by atoms with Gasteiger partial charge in [0.2, 0.25) is 0 Å². The molecule has 0 saturated carbocycles. The number of benzene rings is 1. The number of nitrogens with zero attached hydrogens (tertiary/aromatic N) is 3. The molecule has 2 heterocycles. The molecule has 0 aliphatic carbocycles. The fraction of sp³-hybridized carbons (Fsp3) is 0.400. The van der Waals surface area contributed by atoms with Crippen LogP contribution in [0.2, 0.25) is 0 Å². The number of hydrogen-bond donors (Lipinski definition) is 2. The lowest BCUT2D eigenvalue weighted by Gasteiger charge is -2.26. The van der Waals surface area contributed by atoms with E-state index in [0.29, 0.717) is 17.7 Å². The molecule has 1 aliphatic heterocycles. The molecule has 22 heavy (non-hydrogen) atoms. The summed E-state index contributed by atoms with van der Waals surface area (Å²) in [7, 11) is 0. The molecule has 6 nitrogen and oxygen atoms in total. The van der Waals surface area contributed by atoms with Crippen LogP contribution < -0.4 is 5.73 Å². The largest absolute Gasteiger partial charge is 0.364 e. The lowest BCUT2D eigenvalue weighted by Crippen LogP contribution is -2.29. The highest BCUT2D eigenvalue weighted by Gasteiger charge is 2.17. The van der Waals surface area contributed by atoms with Crippen molar-refractivity contribution in [3.8, 4) is 11.3 Å². The van der Waals surface area contributed by atoms with Gasteiger partial charge in [-0.3, -0.25) is 9.69 Å². The first-order chi connectivity index (χ1) is 10.6. The number of hydrogen-bond acceptors (Lipinski definition) is 4. The molecule has 116 valence electrons. The van der Waals surface area contributed by atoms with Gasteiger partial charge in [-0.25, -0.2) is 4.39 Å². The number of likely N-dealkylation sites (tertiary alicyclic amines) is 1. The minimum absolute atomic E-state index is 0.0168. The normalized spacial score (nSPS) is 15.9. The molecule has 7 heteroatoms. The third-order valence-corrected chi connectivity index (χ3v) is 3.95. The van der Waals surface area contributed by atoms with Crippen LogP contribution in [0.3, 0.4) is 0 Å². The number of primary amides is 1. The van der Waals surface area contributed by atoms with Gasteiger partial charge in [0, 0.05) is 17.7 Å². The fourth-order valence-corrected chi connectivity index (χ4v) is 2.79. The maximum atomic E-state index is 14.3. The maximum absolute atomic E-state index is 14.3. The summed E-state index contributed by atoms with van der Waals surface area (Å²) in [4.78, 5) is 13.5. The number of nitrogens with two attached hydrogens (primary N) is 1. The van der Waals surface area contributed by atoms with Crippen LogP contribution in [-0.4, -0.2) is 39.3 Å². The topological polar surface area (TPSA) is 87.9 Å². The van der Waals surface area contributed by atoms with Gasteiger partial charge in [-0.15, -0.1) is 0 Å². The van der Waals surface area contributed by atoms with Crippen molar-refractivity contribution in [2.24, 2.45) is 5.73 Å². The molecule has 1 aromatic heterocycles. The molecule has 1 amide bonds. The van der Waals surface area contributed by atoms with Crippen LogP contribution in [0.4, 0.5) is 4.39 Å². The Morgan fingerprint density at radius 1 is 1.27 bits per heavy atom. The molecule has 1 saturated heterocycles. The third kappa shape index (κ3) is 2.99. The zero-order valence-corrected chi connectivity index (χ0v) is 12.2. The molecule has 1 aliphatic rings. The number of H-pyrrole nitrogens is 1. The lowest BCUT2D eigenvalue weighted by molar-refractivity contribution is 0.0996. The number of carbonyl (C=O) groups excluding carboxylic acids is 1. The zero-order valence-electron chi connectivity index (χ0n) is 12.2. The van der Waals surface area contributed by atoms with E-state index in [2.05, 4.69) is 20.3 Å². The minimum Gasteiger partial charge on any atom is -0.364 e. The molecular weight excluding hydrogens is 285 g/mol. The van der Waals surface area contributed by atoms with Crippen molar-refractivity contribution < 1.29 is 9.18 Å². The van der Waals surface area contributed by atoms with E-state index in [1.807, 2.05) is 0 Å². The van der Waals surface area contributed by atoms with Crippen LogP contribution in [0, 0.1) is 5.82 Å². The summed E-state index contributed by atoms with van der Waals surface area (Å²) in [5, 5.41) is 9.92. The van der Waals surface area contributed by atoms with Crippen molar-refractivity contribution in [2.45, 2.75) is 25.8 Å². The van der Waals surface area contributed by atoms with Gasteiger partial charge in [0.15, 0.2) is 5.69 Å². The van der Waals surface area contributed by atoms with Crippen molar-refractivity contribution in [3.05, 3.63) is 35.3 Å². The number of aromatic amines is 1. The first-order valence-corrected chi connectivity index (χ1v) is 7.37. The summed E-state index contributed by atoms with van der Waals surface area (Å²) in [6.07, 6.45) is 3.58. The Bertz CT molecular complexity index is 678. The Kier molecular flexibility index (Phi) is 4.15. The Balaban J connectivity index is 1.82. The van der Waals surface area contributed by atoms with Crippen LogP contribution in [0.1, 0.15) is 35.3 Å². The average Bonchev–Trinajstić information content (AvgIpc) is 3.00. The highest BCUT2D eigenvalue weighted by Crippen LogP contribution is 2.23. The van der Waals surface area contributed by atoms with E-state index in [1.54, 1.807) is 12.1 Å². The van der Waals surface area contributed by atoms with E-state index in [9.17, 15) is 9.18 Å². The van der Waals surface area contributed by atoms with E-state index < -0.39 is 5.91 Å². The Morgan fingerprint density at radius 3 is 2.73 bits per heavy atom. The smallest absolute Gasteiger partial charge is 0.271 e. The van der Waals surface area contributed by atoms with E-state index >= 15 is 0 Å². The minimum atomic E-state index is -0.693. The van der Waals surface area contributed by atoms with Crippen LogP contribution in [0.25, 0.3) is 11.3 Å². The zero-order chi connectivity index (χ0) is 15.5. The van der Waals surface area contributed by atoms with Gasteiger partial charge in [-0.2, -0.15) is 15.4 Å². The SMILES string of the molecule is NC(=O)c1n[nH]nc1-c1ccc(CN2CCCCC2)c(F)c1. The monoisotopic (exact) mass is 303 g/mol. The summed E-state index contributed by atoms with van der Waals surface area (Å²) in [5.41, 5.74) is 6.65. The summed E-state index contributed by atoms with van der Waals surface area (Å²) in [6.45, 7) is 2.63. The number of nitrogens with one attached hydrogen (secondary N) is 1. The molecule has 0 bridgehead atoms. The molecule has 3 rings (SSSR count). The van der Waals surface area contributed by atoms with Crippen molar-refractivity contribution in [2.75, 3.05) is 13.1 Å². The van der Waals surface area contributed by atoms with Crippen molar-refractivity contribution in [1.29, 1.82) is 0 Å². The highest BCUT2D eigenvalue weighted by molar-refractivity contribution is 5.96. The molecule has 1 aromatic carbocycles. The van der Waals surface area contributed by atoms with Gasteiger partial charge >= 0.3 is 0 Å². The quantitative estimate of drug-likeness (QED) is 0.899. The molecular formula is C15H18FN5O. The standard InChI is InChI=1S/C15H18FN5O/c16-12-8-10(13-14(15(17)22)19-20-18-13)4-5-11(12)9-21-6-2-1-3-7-21/h4-5,8H,1-3,6-7,9H2,(H2,17,22)(H,18,19,20). The van der Waals surface area contributed by atoms with E-state index in [1.165, 1.54) is 25.3 Å². The predicted molar refractivity (Wildman–Crippen MR) is 79.4 cm³/mol. The number of aromatic nitrogens is 3. The summed E-state index contributed by atoms with van der Waals surface area (Å²) in [6, 6.07) is 4.86. The second-order valence-corrected chi connectivity index (χ2v) is 5.53. The second-order valence-electron chi connectivity index (χ2n) is 5.53. The first-order valence-electron chi connectivity index (χ1n) is 7.37. The molecule has 2 aromatic rings. The number of piperidine rings is 1. The number of amides is 1. The van der Waals surface area contributed by atoms with Crippen LogP contribution in [0.5, 0.6) is 0 Å². The van der Waals surface area contributed by atoms with Crippen molar-refractivity contribution >= 4 is 5.91 Å². The van der Waals surface area contributed by atoms with Crippen LogP contribution in [-0.2, 0) is 6.54 Å². The van der Waals surface area contributed by atoms with Crippen molar-refractivity contribution in [1.82, 2.24) is 20.3 Å². The Labute approximate surface area is 127 Å². The second kappa shape index (κ2) is 6.23. The summed E-state index contributed by atoms with van der Waals surface area (Å²) in [5.74, 6) is -0.997. The van der Waals surface area contributed by atoms with Gasteiger partial charge in [-0.1, -0.05) is 18.6 Å². The fourth-order valence-electron chi connectivity index (χ4n) is 2.79. The van der Waals surface area contributed by atoms with E-state index in [-0.39, 0.29) is 17.2 Å². The molecule has 1 fully saturated rings. The Hall–Kier alpha value is -2.28. The molecule has 0 radical (unpaired) electrons. The van der Waals surface area contributed by atoms with E-state index in [0.717, 1.165) is 13.1 Å². The average molecular weight is 303 g/mol. The molecule has 0 atom stereocenters. The van der Waals surface area contributed by atoms with Gasteiger partial charge < -0.3 is 5.73 Å². The predicted octanol–water partition coefficient (Wildman–Crippen LogP) is 1.70. The van der Waals surface area contributed by atoms with Gasteiger partial charge in [0.25, 0.3) is 5.91 Å². The molecule has 0 spiro atoms. The van der Waals surface area contributed by atoms with Gasteiger partial charge in [0.1, 0.15) is 11.5 Å². The van der Waals surface area contributed by atoms with Crippen molar-refractivity contribution in [3.63, 3.8) is 0 Å². The number of rotatable bonds is 4. The Morgan fingerprint density at radius 2 is 2.05 bits per heavy atom. The van der Waals surface area contributed by atoms with Gasteiger partial charge in [-0.05, 0) is 32.0 Å². The maximum Gasteiger partial charge on any atom is 0.271 e. The molecule has 0 unspecified atom stereocenters. The van der Waals surface area contributed by atoms with E-state index in [4.69, 9.17) is 5.73 Å². The van der Waals surface area contributed by atoms with Crippen LogP contribution in [0.15, 0.2) is 18.2 Å². The third-order valence-electron chi connectivity index (χ3n) is 3.95. The molecule has 3 N–H and O–H groups in total. The summed E-state index contributed by atoms with van der Waals surface area (Å²) >= 11 is 0. The lowest BCUT2D eigenvalue weighted by atomic mass is 10.0. The van der Waals surface area contributed by atoms with Gasteiger partial charge in [0.05, 0.1) is 0 Å². The number of carbonyl (C=O) groups is 1. The first kappa shape index (κ1) is 14.6. The number of halogens is 1.